The molecule has 1 unspecified atom stereocenters. The lowest BCUT2D eigenvalue weighted by Crippen LogP contribution is -2.36. The maximum atomic E-state index is 5.95. The molecule has 1 aromatic carbocycles. The second-order valence-corrected chi connectivity index (χ2v) is 5.36. The molecule has 5 heteroatoms. The van der Waals surface area contributed by atoms with Crippen LogP contribution in [0.3, 0.4) is 0 Å². The van der Waals surface area contributed by atoms with Gasteiger partial charge in [0.25, 0.3) is 0 Å². The zero-order chi connectivity index (χ0) is 12.4. The molecule has 3 nitrogen and oxygen atoms in total. The van der Waals surface area contributed by atoms with E-state index in [-0.39, 0.29) is 6.04 Å². The number of nitrogens with two attached hydrogens (primary N) is 1. The number of rotatable bonds is 3. The third-order valence-corrected chi connectivity index (χ3v) is 3.80. The van der Waals surface area contributed by atoms with Crippen molar-refractivity contribution < 1.29 is 0 Å². The van der Waals surface area contributed by atoms with Gasteiger partial charge in [0.05, 0.1) is 12.6 Å². The molecule has 0 aromatic heterocycles. The number of benzene rings is 1. The highest BCUT2D eigenvalue weighted by atomic mass is 79.9. The minimum atomic E-state index is 0.224. The number of hydrogen-bond donors (Lipinski definition) is 1. The minimum absolute atomic E-state index is 0.224. The molecule has 0 radical (unpaired) electrons. The zero-order valence-electron chi connectivity index (χ0n) is 9.66. The van der Waals surface area contributed by atoms with Gasteiger partial charge in [-0.2, -0.15) is 0 Å². The van der Waals surface area contributed by atoms with Crippen molar-refractivity contribution in [1.29, 1.82) is 0 Å². The Labute approximate surface area is 115 Å². The monoisotopic (exact) mass is 315 g/mol. The third-order valence-electron chi connectivity index (χ3n) is 2.88. The minimum Gasteiger partial charge on any atom is -0.370 e. The van der Waals surface area contributed by atoms with Gasteiger partial charge in [-0.25, -0.2) is 0 Å². The predicted octanol–water partition coefficient (Wildman–Crippen LogP) is 3.18. The lowest BCUT2D eigenvalue weighted by molar-refractivity contribution is 0.346. The van der Waals surface area contributed by atoms with Crippen molar-refractivity contribution in [3.05, 3.63) is 33.3 Å². The molecule has 0 fully saturated rings. The molecule has 0 bridgehead atoms. The summed E-state index contributed by atoms with van der Waals surface area (Å²) < 4.78 is 1.01. The Hall–Kier alpha value is -0.740. The summed E-state index contributed by atoms with van der Waals surface area (Å²) in [5, 5.41) is 0.731. The van der Waals surface area contributed by atoms with Gasteiger partial charge < -0.3 is 10.6 Å². The standard InChI is InChI=1S/C12H15BrClN3/c1-2-5-17-11(7-16-12(17)15)9-4-3-8(14)6-10(9)13/h3-4,6,11H,2,5,7H2,1H3,(H2,15,16). The van der Waals surface area contributed by atoms with Crippen LogP contribution in [0.4, 0.5) is 0 Å². The van der Waals surface area contributed by atoms with Crippen LogP contribution in [0.5, 0.6) is 0 Å². The molecule has 1 aliphatic rings. The van der Waals surface area contributed by atoms with E-state index in [0.717, 1.165) is 22.5 Å². The fraction of sp³-hybridized carbons (Fsp3) is 0.417. The quantitative estimate of drug-likeness (QED) is 0.930. The maximum Gasteiger partial charge on any atom is 0.191 e. The molecule has 1 heterocycles. The zero-order valence-corrected chi connectivity index (χ0v) is 12.0. The number of hydrogen-bond acceptors (Lipinski definition) is 3. The van der Waals surface area contributed by atoms with E-state index >= 15 is 0 Å². The Morgan fingerprint density at radius 3 is 3.00 bits per heavy atom. The van der Waals surface area contributed by atoms with Crippen molar-refractivity contribution in [3.63, 3.8) is 0 Å². The van der Waals surface area contributed by atoms with E-state index in [1.165, 1.54) is 5.56 Å². The van der Waals surface area contributed by atoms with Crippen LogP contribution in [0, 0.1) is 0 Å². The van der Waals surface area contributed by atoms with Gasteiger partial charge in [0.15, 0.2) is 5.96 Å². The van der Waals surface area contributed by atoms with Crippen molar-refractivity contribution >= 4 is 33.5 Å². The highest BCUT2D eigenvalue weighted by molar-refractivity contribution is 9.10. The van der Waals surface area contributed by atoms with E-state index in [4.69, 9.17) is 17.3 Å². The first-order valence-electron chi connectivity index (χ1n) is 5.65. The van der Waals surface area contributed by atoms with Crippen LogP contribution >= 0.6 is 27.5 Å². The summed E-state index contributed by atoms with van der Waals surface area (Å²) in [7, 11) is 0. The molecule has 17 heavy (non-hydrogen) atoms. The second-order valence-electron chi connectivity index (χ2n) is 4.07. The largest absolute Gasteiger partial charge is 0.370 e. The summed E-state index contributed by atoms with van der Waals surface area (Å²) in [6.07, 6.45) is 1.05. The summed E-state index contributed by atoms with van der Waals surface area (Å²) in [5.41, 5.74) is 7.09. The van der Waals surface area contributed by atoms with Crippen molar-refractivity contribution in [2.24, 2.45) is 10.7 Å². The van der Waals surface area contributed by atoms with Gasteiger partial charge in [-0.3, -0.25) is 4.99 Å². The number of nitrogens with zero attached hydrogens (tertiary/aromatic N) is 2. The van der Waals surface area contributed by atoms with Gasteiger partial charge >= 0.3 is 0 Å². The molecule has 2 rings (SSSR count). The summed E-state index contributed by atoms with van der Waals surface area (Å²) >= 11 is 9.51. The smallest absolute Gasteiger partial charge is 0.191 e. The van der Waals surface area contributed by atoms with E-state index in [1.807, 2.05) is 18.2 Å². The Morgan fingerprint density at radius 2 is 2.35 bits per heavy atom. The molecule has 0 aliphatic carbocycles. The Balaban J connectivity index is 2.28. The molecule has 0 spiro atoms. The van der Waals surface area contributed by atoms with E-state index < -0.39 is 0 Å². The first-order chi connectivity index (χ1) is 8.13. The number of halogens is 2. The van der Waals surface area contributed by atoms with Crippen LogP contribution in [0.1, 0.15) is 24.9 Å². The molecule has 1 aliphatic heterocycles. The van der Waals surface area contributed by atoms with Gasteiger partial charge in [-0.05, 0) is 24.1 Å². The van der Waals surface area contributed by atoms with Crippen molar-refractivity contribution in [1.82, 2.24) is 4.90 Å². The Morgan fingerprint density at radius 1 is 1.59 bits per heavy atom. The van der Waals surface area contributed by atoms with E-state index in [2.05, 4.69) is 32.7 Å². The fourth-order valence-corrected chi connectivity index (χ4v) is 3.03. The molecule has 2 N–H and O–H groups in total. The highest BCUT2D eigenvalue weighted by Crippen LogP contribution is 2.32. The van der Waals surface area contributed by atoms with Crippen molar-refractivity contribution in [2.45, 2.75) is 19.4 Å². The Kier molecular flexibility index (Phi) is 3.94. The maximum absolute atomic E-state index is 5.95. The number of guanidine groups is 1. The summed E-state index contributed by atoms with van der Waals surface area (Å²) in [4.78, 5) is 6.47. The molecular formula is C12H15BrClN3. The topological polar surface area (TPSA) is 41.6 Å². The normalized spacial score (nSPS) is 19.6. The molecule has 0 saturated heterocycles. The molecular weight excluding hydrogens is 302 g/mol. The second kappa shape index (κ2) is 5.27. The van der Waals surface area contributed by atoms with Crippen molar-refractivity contribution in [3.8, 4) is 0 Å². The van der Waals surface area contributed by atoms with Crippen LogP contribution in [0.2, 0.25) is 5.02 Å². The summed E-state index contributed by atoms with van der Waals surface area (Å²) in [6, 6.07) is 6.07. The molecule has 0 amide bonds. The summed E-state index contributed by atoms with van der Waals surface area (Å²) in [5.74, 6) is 0.638. The van der Waals surface area contributed by atoms with Crippen LogP contribution in [-0.2, 0) is 0 Å². The Bertz CT molecular complexity index is 447. The fourth-order valence-electron chi connectivity index (χ4n) is 2.08. The van der Waals surface area contributed by atoms with Crippen LogP contribution in [0.25, 0.3) is 0 Å². The lowest BCUT2D eigenvalue weighted by Gasteiger charge is -2.26. The van der Waals surface area contributed by atoms with Gasteiger partial charge in [0, 0.05) is 16.0 Å². The van der Waals surface area contributed by atoms with Crippen molar-refractivity contribution in [2.75, 3.05) is 13.1 Å². The van der Waals surface area contributed by atoms with E-state index in [1.54, 1.807) is 0 Å². The molecule has 1 atom stereocenters. The van der Waals surface area contributed by atoms with E-state index in [0.29, 0.717) is 12.5 Å². The SMILES string of the molecule is CCCN1C(N)=NCC1c1ccc(Cl)cc1Br. The predicted molar refractivity (Wildman–Crippen MR) is 75.4 cm³/mol. The van der Waals surface area contributed by atoms with E-state index in [9.17, 15) is 0 Å². The van der Waals surface area contributed by atoms with Crippen LogP contribution in [0.15, 0.2) is 27.7 Å². The average molecular weight is 317 g/mol. The van der Waals surface area contributed by atoms with Crippen LogP contribution in [-0.4, -0.2) is 23.9 Å². The average Bonchev–Trinajstić information content (AvgIpc) is 2.62. The molecule has 0 saturated carbocycles. The third kappa shape index (κ3) is 2.58. The van der Waals surface area contributed by atoms with Crippen LogP contribution < -0.4 is 5.73 Å². The highest BCUT2D eigenvalue weighted by Gasteiger charge is 2.27. The lowest BCUT2D eigenvalue weighted by atomic mass is 10.1. The molecule has 1 aromatic rings. The van der Waals surface area contributed by atoms with Gasteiger partial charge in [-0.15, -0.1) is 0 Å². The molecule has 92 valence electrons. The van der Waals surface area contributed by atoms with Gasteiger partial charge in [0.2, 0.25) is 0 Å². The summed E-state index contributed by atoms with van der Waals surface area (Å²) in [6.45, 7) is 3.78. The first-order valence-corrected chi connectivity index (χ1v) is 6.82. The number of aliphatic imine (C=N–C) groups is 1. The van der Waals surface area contributed by atoms with Gasteiger partial charge in [0.1, 0.15) is 0 Å². The first kappa shape index (κ1) is 12.7. The van der Waals surface area contributed by atoms with Gasteiger partial charge in [-0.1, -0.05) is 40.5 Å².